The first-order valence-corrected chi connectivity index (χ1v) is 8.04. The van der Waals surface area contributed by atoms with Crippen LogP contribution >= 0.6 is 11.3 Å². The van der Waals surface area contributed by atoms with Crippen LogP contribution in [0.1, 0.15) is 24.8 Å². The van der Waals surface area contributed by atoms with Crippen molar-refractivity contribution in [3.8, 4) is 0 Å². The Kier molecular flexibility index (Phi) is 3.96. The molecule has 6 heteroatoms. The lowest BCUT2D eigenvalue weighted by Gasteiger charge is -2.38. The monoisotopic (exact) mass is 316 g/mol. The average Bonchev–Trinajstić information content (AvgIpc) is 3.16. The van der Waals surface area contributed by atoms with Gasteiger partial charge in [0.1, 0.15) is 12.6 Å². The normalized spacial score (nSPS) is 24.2. The predicted octanol–water partition coefficient (Wildman–Crippen LogP) is 3.45. The average molecular weight is 316 g/mol. The van der Waals surface area contributed by atoms with E-state index >= 15 is 0 Å². The van der Waals surface area contributed by atoms with E-state index in [1.54, 1.807) is 17.5 Å². The van der Waals surface area contributed by atoms with Gasteiger partial charge in [-0.15, -0.1) is 16.3 Å². The highest BCUT2D eigenvalue weighted by atomic mass is 32.1. The molecular weight excluding hydrogens is 298 g/mol. The number of aromatic nitrogens is 1. The van der Waals surface area contributed by atoms with Crippen molar-refractivity contribution in [1.29, 1.82) is 0 Å². The van der Waals surface area contributed by atoms with Gasteiger partial charge in [0, 0.05) is 24.1 Å². The number of hydrogen-bond acceptors (Lipinski definition) is 5. The number of rotatable bonds is 5. The quantitative estimate of drug-likeness (QED) is 0.626. The number of nitrogens with zero attached hydrogens (tertiary/aromatic N) is 3. The van der Waals surface area contributed by atoms with E-state index in [1.807, 2.05) is 43.1 Å². The summed E-state index contributed by atoms with van der Waals surface area (Å²) in [6.07, 6.45) is 3.88. The molecule has 1 aliphatic heterocycles. The summed E-state index contributed by atoms with van der Waals surface area (Å²) in [5.41, 5.74) is 0.971. The smallest absolute Gasteiger partial charge is 0.249 e. The molecule has 114 valence electrons. The maximum absolute atomic E-state index is 11.1. The van der Waals surface area contributed by atoms with E-state index in [9.17, 15) is 4.79 Å². The molecule has 0 bridgehead atoms. The summed E-state index contributed by atoms with van der Waals surface area (Å²) in [5.74, 6) is 0.776. The molecule has 0 N–H and O–H groups in total. The van der Waals surface area contributed by atoms with Gasteiger partial charge in [0.15, 0.2) is 11.5 Å². The number of carbonyl (C=O) groups is 1. The van der Waals surface area contributed by atoms with Gasteiger partial charge in [-0.05, 0) is 35.3 Å². The van der Waals surface area contributed by atoms with Crippen LogP contribution in [0.15, 0.2) is 53.7 Å². The zero-order valence-corrected chi connectivity index (χ0v) is 13.4. The Morgan fingerprint density at radius 3 is 2.86 bits per heavy atom. The molecule has 0 saturated heterocycles. The second-order valence-electron chi connectivity index (χ2n) is 5.02. The van der Waals surface area contributed by atoms with Gasteiger partial charge in [-0.3, -0.25) is 0 Å². The highest BCUT2D eigenvalue weighted by Crippen LogP contribution is 2.43. The fourth-order valence-corrected chi connectivity index (χ4v) is 3.71. The summed E-state index contributed by atoms with van der Waals surface area (Å²) in [7, 11) is 0. The molecule has 0 amide bonds. The van der Waals surface area contributed by atoms with Crippen LogP contribution < -0.4 is 5.01 Å². The van der Waals surface area contributed by atoms with Crippen molar-refractivity contribution in [1.82, 2.24) is 4.98 Å². The Balaban J connectivity index is 2.14. The van der Waals surface area contributed by atoms with E-state index in [0.717, 1.165) is 11.5 Å². The van der Waals surface area contributed by atoms with E-state index in [4.69, 9.17) is 4.84 Å². The lowest BCUT2D eigenvalue weighted by molar-refractivity contribution is -1.06. The summed E-state index contributed by atoms with van der Waals surface area (Å²) in [4.78, 5) is 22.3. The molecule has 2 aromatic heterocycles. The number of pyridine rings is 1. The summed E-state index contributed by atoms with van der Waals surface area (Å²) < 4.78 is 0.0169. The number of anilines is 1. The molecular formula is C16H18N3O2S+. The van der Waals surface area contributed by atoms with Crippen LogP contribution in [0.25, 0.3) is 0 Å². The fraction of sp³-hybridized carbons (Fsp3) is 0.250. The zero-order valence-electron chi connectivity index (χ0n) is 12.5. The SMILES string of the molecule is CC[N+]1(OC=O)C(C)=CC(c2cccs2)N1c1ccccn1. The first kappa shape index (κ1) is 14.7. The molecule has 1 aliphatic rings. The topological polar surface area (TPSA) is 42.4 Å². The van der Waals surface area contributed by atoms with E-state index in [-0.39, 0.29) is 10.8 Å². The number of quaternary nitrogens is 1. The van der Waals surface area contributed by atoms with Crippen molar-refractivity contribution in [3.05, 3.63) is 58.6 Å². The van der Waals surface area contributed by atoms with Gasteiger partial charge < -0.3 is 0 Å². The molecule has 0 fully saturated rings. The predicted molar refractivity (Wildman–Crippen MR) is 85.5 cm³/mol. The Morgan fingerprint density at radius 2 is 2.27 bits per heavy atom. The molecule has 5 nitrogen and oxygen atoms in total. The number of thiophene rings is 1. The highest BCUT2D eigenvalue weighted by molar-refractivity contribution is 7.10. The standard InChI is InChI=1S/C16H18N3O2S/c1-3-19(21-12-20)13(2)11-14(15-7-6-10-22-15)18(19)16-8-4-5-9-17-16/h4-12,14H,3H2,1-2H3/q+1. The second kappa shape index (κ2) is 5.90. The minimum absolute atomic E-state index is 0.00481. The van der Waals surface area contributed by atoms with Crippen LogP contribution in [0.5, 0.6) is 0 Å². The third-order valence-corrected chi connectivity index (χ3v) is 4.87. The molecule has 0 aromatic carbocycles. The second-order valence-corrected chi connectivity index (χ2v) is 6.00. The van der Waals surface area contributed by atoms with Gasteiger partial charge in [-0.25, -0.2) is 14.6 Å². The molecule has 2 unspecified atom stereocenters. The minimum atomic E-state index is -0.00481. The third-order valence-electron chi connectivity index (χ3n) is 3.93. The van der Waals surface area contributed by atoms with E-state index < -0.39 is 0 Å². The van der Waals surface area contributed by atoms with E-state index in [1.165, 1.54) is 4.88 Å². The summed E-state index contributed by atoms with van der Waals surface area (Å²) >= 11 is 1.68. The van der Waals surface area contributed by atoms with Crippen molar-refractivity contribution in [2.75, 3.05) is 11.6 Å². The van der Waals surface area contributed by atoms with Gasteiger partial charge in [0.25, 0.3) is 0 Å². The van der Waals surface area contributed by atoms with Crippen molar-refractivity contribution in [2.45, 2.75) is 19.9 Å². The fourth-order valence-electron chi connectivity index (χ4n) is 2.93. The van der Waals surface area contributed by atoms with Gasteiger partial charge >= 0.3 is 6.47 Å². The molecule has 2 aromatic rings. The lowest BCUT2D eigenvalue weighted by Crippen LogP contribution is -2.56. The van der Waals surface area contributed by atoms with Gasteiger partial charge in [-0.2, -0.15) is 0 Å². The molecule has 22 heavy (non-hydrogen) atoms. The number of hydrogen-bond donors (Lipinski definition) is 0. The molecule has 3 heterocycles. The third kappa shape index (κ3) is 2.20. The van der Waals surface area contributed by atoms with Crippen LogP contribution in [0.2, 0.25) is 0 Å². The number of allylic oxidation sites excluding steroid dienone is 1. The van der Waals surface area contributed by atoms with E-state index in [0.29, 0.717) is 13.0 Å². The highest BCUT2D eigenvalue weighted by Gasteiger charge is 2.51. The molecule has 0 aliphatic carbocycles. The number of hydroxylamine groups is 2. The van der Waals surface area contributed by atoms with Gasteiger partial charge in [0.05, 0.1) is 0 Å². The summed E-state index contributed by atoms with van der Waals surface area (Å²) in [6.45, 7) is 5.08. The molecule has 0 radical (unpaired) electrons. The van der Waals surface area contributed by atoms with Crippen molar-refractivity contribution >= 4 is 23.6 Å². The lowest BCUT2D eigenvalue weighted by atomic mass is 10.2. The summed E-state index contributed by atoms with van der Waals surface area (Å²) in [5, 5.41) is 4.09. The molecule has 0 spiro atoms. The first-order chi connectivity index (χ1) is 10.7. The van der Waals surface area contributed by atoms with Crippen molar-refractivity contribution in [2.24, 2.45) is 0 Å². The van der Waals surface area contributed by atoms with Crippen LogP contribution in [0.3, 0.4) is 0 Å². The van der Waals surface area contributed by atoms with Crippen molar-refractivity contribution in [3.63, 3.8) is 0 Å². The number of carbonyl (C=O) groups excluding carboxylic acids is 1. The van der Waals surface area contributed by atoms with Crippen LogP contribution in [-0.4, -0.2) is 22.8 Å². The summed E-state index contributed by atoms with van der Waals surface area (Å²) in [6, 6.07) is 9.86. The maximum Gasteiger partial charge on any atom is 0.359 e. The maximum atomic E-state index is 11.1. The van der Waals surface area contributed by atoms with Crippen LogP contribution in [-0.2, 0) is 9.63 Å². The van der Waals surface area contributed by atoms with Crippen LogP contribution in [0.4, 0.5) is 5.82 Å². The van der Waals surface area contributed by atoms with Crippen LogP contribution in [0, 0.1) is 0 Å². The Hall–Kier alpha value is -2.18. The zero-order chi connectivity index (χ0) is 15.6. The Bertz CT molecular complexity index is 672. The van der Waals surface area contributed by atoms with Gasteiger partial charge in [-0.1, -0.05) is 12.1 Å². The van der Waals surface area contributed by atoms with E-state index in [2.05, 4.69) is 22.5 Å². The van der Waals surface area contributed by atoms with Crippen molar-refractivity contribution < 1.29 is 14.4 Å². The van der Waals surface area contributed by atoms with Gasteiger partial charge in [0.2, 0.25) is 0 Å². The first-order valence-electron chi connectivity index (χ1n) is 7.16. The largest absolute Gasteiger partial charge is 0.359 e. The molecule has 0 saturated carbocycles. The Morgan fingerprint density at radius 1 is 1.41 bits per heavy atom. The molecule has 3 rings (SSSR count). The molecule has 2 atom stereocenters. The Labute approximate surface area is 133 Å². The minimum Gasteiger partial charge on any atom is -0.249 e.